The maximum absolute atomic E-state index is 12.9. The van der Waals surface area contributed by atoms with E-state index in [-0.39, 0.29) is 37.3 Å². The molecular formula is C16H21FO6S. The number of hydrogen-bond donors (Lipinski definition) is 0. The molecule has 0 heterocycles. The van der Waals surface area contributed by atoms with Crippen LogP contribution < -0.4 is 4.74 Å². The third-order valence-electron chi connectivity index (χ3n) is 3.83. The first-order valence-corrected chi connectivity index (χ1v) is 9.53. The molecule has 0 amide bonds. The molecule has 24 heavy (non-hydrogen) atoms. The summed E-state index contributed by atoms with van der Waals surface area (Å²) in [4.78, 5) is 12.1. The lowest BCUT2D eigenvalue weighted by atomic mass is 9.97. The minimum absolute atomic E-state index is 0.193. The number of ether oxygens (including phenoxy) is 2. The zero-order valence-corrected chi connectivity index (χ0v) is 14.4. The molecule has 0 N–H and O–H groups in total. The molecule has 1 saturated carbocycles. The highest BCUT2D eigenvalue weighted by atomic mass is 32.2. The fraction of sp³-hybridized carbons (Fsp3) is 0.562. The van der Waals surface area contributed by atoms with E-state index in [9.17, 15) is 17.6 Å². The summed E-state index contributed by atoms with van der Waals surface area (Å²) < 4.78 is 51.2. The number of benzene rings is 1. The Morgan fingerprint density at radius 3 is 2.50 bits per heavy atom. The molecule has 134 valence electrons. The normalized spacial score (nSPS) is 23.9. The van der Waals surface area contributed by atoms with Crippen LogP contribution in [-0.4, -0.2) is 40.0 Å². The minimum atomic E-state index is -3.60. The number of carbonyl (C=O) groups excluding carboxylic acids is 1. The topological polar surface area (TPSA) is 78.9 Å². The standard InChI is InChI=1S/C16H21FO6S/c1-3-21-16(18)15-9-14(23-24(2,19)20)8-11(15)10-22-13-6-4-12(17)5-7-13/h4-7,11,14-15H,3,8-10H2,1-2H3. The van der Waals surface area contributed by atoms with Crippen LogP contribution in [0.15, 0.2) is 24.3 Å². The van der Waals surface area contributed by atoms with Crippen LogP contribution in [0.4, 0.5) is 4.39 Å². The van der Waals surface area contributed by atoms with Crippen molar-refractivity contribution in [2.45, 2.75) is 25.9 Å². The molecule has 0 saturated heterocycles. The first-order chi connectivity index (χ1) is 11.3. The molecule has 1 aliphatic carbocycles. The highest BCUT2D eigenvalue weighted by Gasteiger charge is 2.41. The highest BCUT2D eigenvalue weighted by Crippen LogP contribution is 2.36. The van der Waals surface area contributed by atoms with Crippen LogP contribution in [0.2, 0.25) is 0 Å². The monoisotopic (exact) mass is 360 g/mol. The molecule has 0 spiro atoms. The van der Waals surface area contributed by atoms with Crippen molar-refractivity contribution in [3.63, 3.8) is 0 Å². The lowest BCUT2D eigenvalue weighted by molar-refractivity contribution is -0.149. The van der Waals surface area contributed by atoms with E-state index >= 15 is 0 Å². The van der Waals surface area contributed by atoms with Gasteiger partial charge in [0.1, 0.15) is 11.6 Å². The van der Waals surface area contributed by atoms with Gasteiger partial charge in [-0.1, -0.05) is 0 Å². The largest absolute Gasteiger partial charge is 0.493 e. The quantitative estimate of drug-likeness (QED) is 0.548. The third-order valence-corrected chi connectivity index (χ3v) is 4.45. The molecule has 2 rings (SSSR count). The van der Waals surface area contributed by atoms with Crippen LogP contribution in [0.5, 0.6) is 5.75 Å². The lowest BCUT2D eigenvalue weighted by Gasteiger charge is -2.18. The molecule has 1 aliphatic rings. The molecule has 0 aromatic heterocycles. The fourth-order valence-electron chi connectivity index (χ4n) is 2.86. The van der Waals surface area contributed by atoms with Crippen LogP contribution >= 0.6 is 0 Å². The number of esters is 1. The van der Waals surface area contributed by atoms with E-state index in [1.807, 2.05) is 0 Å². The van der Waals surface area contributed by atoms with Crippen LogP contribution in [0.1, 0.15) is 19.8 Å². The molecular weight excluding hydrogens is 339 g/mol. The first kappa shape index (κ1) is 18.7. The van der Waals surface area contributed by atoms with Crippen molar-refractivity contribution < 1.29 is 31.3 Å². The molecule has 6 nitrogen and oxygen atoms in total. The summed E-state index contributed by atoms with van der Waals surface area (Å²) >= 11 is 0. The van der Waals surface area contributed by atoms with Gasteiger partial charge in [-0.25, -0.2) is 4.39 Å². The molecule has 1 aromatic rings. The van der Waals surface area contributed by atoms with Gasteiger partial charge in [-0.3, -0.25) is 8.98 Å². The molecule has 0 bridgehead atoms. The Kier molecular flexibility index (Phi) is 6.17. The van der Waals surface area contributed by atoms with Crippen LogP contribution in [0.3, 0.4) is 0 Å². The molecule has 1 fully saturated rings. The Morgan fingerprint density at radius 1 is 1.25 bits per heavy atom. The van der Waals surface area contributed by atoms with E-state index in [2.05, 4.69) is 0 Å². The van der Waals surface area contributed by atoms with E-state index < -0.39 is 22.1 Å². The summed E-state index contributed by atoms with van der Waals surface area (Å²) in [6.07, 6.45) is 1.05. The lowest BCUT2D eigenvalue weighted by Crippen LogP contribution is -2.25. The summed E-state index contributed by atoms with van der Waals surface area (Å²) in [5.74, 6) is -0.997. The Labute approximate surface area is 141 Å². The van der Waals surface area contributed by atoms with Crippen molar-refractivity contribution in [3.8, 4) is 5.75 Å². The number of carbonyl (C=O) groups is 1. The van der Waals surface area contributed by atoms with Crippen LogP contribution in [0, 0.1) is 17.7 Å². The predicted molar refractivity (Wildman–Crippen MR) is 84.5 cm³/mol. The van der Waals surface area contributed by atoms with Crippen molar-refractivity contribution >= 4 is 16.1 Å². The van der Waals surface area contributed by atoms with Gasteiger partial charge in [0.2, 0.25) is 0 Å². The molecule has 3 unspecified atom stereocenters. The Hall–Kier alpha value is -1.67. The second-order valence-corrected chi connectivity index (χ2v) is 7.38. The SMILES string of the molecule is CCOC(=O)C1CC(OS(C)(=O)=O)CC1COc1ccc(F)cc1. The first-order valence-electron chi connectivity index (χ1n) is 7.71. The van der Waals surface area contributed by atoms with Gasteiger partial charge in [0.25, 0.3) is 10.1 Å². The molecule has 3 atom stereocenters. The predicted octanol–water partition coefficient (Wildman–Crippen LogP) is 2.14. The summed E-state index contributed by atoms with van der Waals surface area (Å²) in [6.45, 7) is 2.15. The maximum Gasteiger partial charge on any atom is 0.309 e. The van der Waals surface area contributed by atoms with E-state index in [1.54, 1.807) is 6.92 Å². The van der Waals surface area contributed by atoms with Gasteiger partial charge in [0, 0.05) is 5.92 Å². The number of rotatable bonds is 7. The van der Waals surface area contributed by atoms with Gasteiger partial charge in [0.15, 0.2) is 0 Å². The number of hydrogen-bond acceptors (Lipinski definition) is 6. The zero-order valence-electron chi connectivity index (χ0n) is 13.6. The molecule has 1 aromatic carbocycles. The Bertz CT molecular complexity index is 658. The minimum Gasteiger partial charge on any atom is -0.493 e. The second-order valence-electron chi connectivity index (χ2n) is 5.78. The van der Waals surface area contributed by atoms with Crippen LogP contribution in [0.25, 0.3) is 0 Å². The van der Waals surface area contributed by atoms with Gasteiger partial charge in [-0.2, -0.15) is 8.42 Å². The second kappa shape index (κ2) is 7.94. The summed E-state index contributed by atoms with van der Waals surface area (Å²) in [5, 5.41) is 0. The van der Waals surface area contributed by atoms with Crippen LogP contribution in [-0.2, 0) is 23.8 Å². The maximum atomic E-state index is 12.9. The van der Waals surface area contributed by atoms with Gasteiger partial charge >= 0.3 is 5.97 Å². The van der Waals surface area contributed by atoms with Crippen molar-refractivity contribution in [2.75, 3.05) is 19.5 Å². The Balaban J connectivity index is 2.02. The van der Waals surface area contributed by atoms with Crippen molar-refractivity contribution in [1.29, 1.82) is 0 Å². The van der Waals surface area contributed by atoms with E-state index in [1.165, 1.54) is 24.3 Å². The highest BCUT2D eigenvalue weighted by molar-refractivity contribution is 7.86. The van der Waals surface area contributed by atoms with Gasteiger partial charge in [-0.05, 0) is 44.0 Å². The smallest absolute Gasteiger partial charge is 0.309 e. The summed E-state index contributed by atoms with van der Waals surface area (Å²) in [5.41, 5.74) is 0. The molecule has 0 aliphatic heterocycles. The molecule has 8 heteroatoms. The van der Waals surface area contributed by atoms with E-state index in [0.29, 0.717) is 12.2 Å². The Morgan fingerprint density at radius 2 is 1.92 bits per heavy atom. The average Bonchev–Trinajstić information content (AvgIpc) is 2.88. The van der Waals surface area contributed by atoms with Crippen molar-refractivity contribution in [3.05, 3.63) is 30.1 Å². The third kappa shape index (κ3) is 5.45. The van der Waals surface area contributed by atoms with Gasteiger partial charge in [-0.15, -0.1) is 0 Å². The number of halogens is 1. The average molecular weight is 360 g/mol. The summed E-state index contributed by atoms with van der Waals surface area (Å²) in [6, 6.07) is 5.55. The molecule has 0 radical (unpaired) electrons. The van der Waals surface area contributed by atoms with Crippen molar-refractivity contribution in [2.24, 2.45) is 11.8 Å². The van der Waals surface area contributed by atoms with Crippen molar-refractivity contribution in [1.82, 2.24) is 0 Å². The van der Waals surface area contributed by atoms with Gasteiger partial charge < -0.3 is 9.47 Å². The van der Waals surface area contributed by atoms with E-state index in [0.717, 1.165) is 6.26 Å². The van der Waals surface area contributed by atoms with E-state index in [4.69, 9.17) is 13.7 Å². The van der Waals surface area contributed by atoms with Gasteiger partial charge in [0.05, 0.1) is 31.5 Å². The zero-order chi connectivity index (χ0) is 17.7. The fourth-order valence-corrected chi connectivity index (χ4v) is 3.51. The summed E-state index contributed by atoms with van der Waals surface area (Å²) in [7, 11) is -3.60.